The molecule has 0 aliphatic heterocycles. The molecule has 0 aromatic heterocycles. The van der Waals surface area contributed by atoms with Gasteiger partial charge in [0.15, 0.2) is 0 Å². The molecule has 0 aliphatic carbocycles. The third-order valence-corrected chi connectivity index (χ3v) is 8.06. The largest absolute Gasteiger partial charge is 0.489 e. The van der Waals surface area contributed by atoms with Gasteiger partial charge in [-0.05, 0) is 78.1 Å². The van der Waals surface area contributed by atoms with Crippen LogP contribution in [0.25, 0.3) is 0 Å². The van der Waals surface area contributed by atoms with Gasteiger partial charge in [0.2, 0.25) is 0 Å². The van der Waals surface area contributed by atoms with Gasteiger partial charge in [-0.2, -0.15) is 5.10 Å². The Morgan fingerprint density at radius 2 is 1.55 bits per heavy atom. The summed E-state index contributed by atoms with van der Waals surface area (Å²) in [7, 11) is -3.99. The Hall–Kier alpha value is -4.43. The highest BCUT2D eigenvalue weighted by atomic mass is 32.2. The lowest BCUT2D eigenvalue weighted by Crippen LogP contribution is -2.39. The Labute approximate surface area is 236 Å². The predicted octanol–water partition coefficient (Wildman–Crippen LogP) is 6.04. The fourth-order valence-electron chi connectivity index (χ4n) is 3.91. The number of rotatable bonds is 11. The fraction of sp³-hybridized carbons (Fsp3) is 0.188. The molecule has 0 spiro atoms. The smallest absolute Gasteiger partial charge is 0.264 e. The van der Waals surface area contributed by atoms with Gasteiger partial charge in [-0.15, -0.1) is 0 Å². The number of hydrogen-bond acceptors (Lipinski definition) is 5. The number of carbonyl (C=O) groups is 1. The van der Waals surface area contributed by atoms with Crippen molar-refractivity contribution in [2.75, 3.05) is 10.8 Å². The molecule has 0 aliphatic rings. The molecule has 0 heterocycles. The van der Waals surface area contributed by atoms with Gasteiger partial charge < -0.3 is 4.74 Å². The Bertz CT molecular complexity index is 1530. The molecule has 0 saturated carbocycles. The SMILES string of the molecule is Cc1ccc(COc2ccc(C=NNC(=O)CN(c3ccc(C(C)C)cc3)S(=O)(=O)c3ccccc3)cc2)cc1. The van der Waals surface area contributed by atoms with Crippen LogP contribution >= 0.6 is 0 Å². The van der Waals surface area contributed by atoms with Crippen molar-refractivity contribution >= 4 is 27.8 Å². The summed E-state index contributed by atoms with van der Waals surface area (Å²) in [5.41, 5.74) is 6.94. The summed E-state index contributed by atoms with van der Waals surface area (Å²) in [6, 6.07) is 30.7. The first-order chi connectivity index (χ1) is 19.2. The monoisotopic (exact) mass is 555 g/mol. The lowest BCUT2D eigenvalue weighted by molar-refractivity contribution is -0.119. The van der Waals surface area contributed by atoms with Gasteiger partial charge in [-0.1, -0.05) is 74.0 Å². The van der Waals surface area contributed by atoms with Crippen LogP contribution in [0.1, 0.15) is 42.0 Å². The van der Waals surface area contributed by atoms with Crippen LogP contribution in [0.3, 0.4) is 0 Å². The summed E-state index contributed by atoms with van der Waals surface area (Å²) in [5.74, 6) is 0.438. The van der Waals surface area contributed by atoms with Crippen molar-refractivity contribution in [2.24, 2.45) is 5.10 Å². The number of anilines is 1. The van der Waals surface area contributed by atoms with Crippen molar-refractivity contribution in [3.63, 3.8) is 0 Å². The summed E-state index contributed by atoms with van der Waals surface area (Å²) < 4.78 is 33.9. The van der Waals surface area contributed by atoms with Crippen molar-refractivity contribution in [1.82, 2.24) is 5.43 Å². The van der Waals surface area contributed by atoms with Gasteiger partial charge in [-0.3, -0.25) is 9.10 Å². The van der Waals surface area contributed by atoms with Crippen LogP contribution in [-0.4, -0.2) is 27.1 Å². The molecule has 0 unspecified atom stereocenters. The maximum Gasteiger partial charge on any atom is 0.264 e. The van der Waals surface area contributed by atoms with E-state index in [2.05, 4.69) is 24.4 Å². The zero-order chi connectivity index (χ0) is 28.5. The number of nitrogens with one attached hydrogen (secondary N) is 1. The number of hydrogen-bond donors (Lipinski definition) is 1. The molecule has 0 atom stereocenters. The maximum atomic E-state index is 13.5. The number of ether oxygens (including phenoxy) is 1. The molecule has 206 valence electrons. The van der Waals surface area contributed by atoms with Gasteiger partial charge in [0.05, 0.1) is 16.8 Å². The molecule has 4 rings (SSSR count). The van der Waals surface area contributed by atoms with Gasteiger partial charge in [0, 0.05) is 0 Å². The van der Waals surface area contributed by atoms with E-state index in [9.17, 15) is 13.2 Å². The van der Waals surface area contributed by atoms with Gasteiger partial charge in [0.1, 0.15) is 18.9 Å². The van der Waals surface area contributed by atoms with Crippen molar-refractivity contribution in [1.29, 1.82) is 0 Å². The summed E-state index contributed by atoms with van der Waals surface area (Å²) in [6.45, 7) is 6.20. The molecule has 4 aromatic carbocycles. The maximum absolute atomic E-state index is 13.5. The summed E-state index contributed by atoms with van der Waals surface area (Å²) >= 11 is 0. The van der Waals surface area contributed by atoms with Crippen LogP contribution < -0.4 is 14.5 Å². The third-order valence-electron chi connectivity index (χ3n) is 6.28. The first-order valence-electron chi connectivity index (χ1n) is 13.0. The number of benzene rings is 4. The molecule has 4 aromatic rings. The molecule has 1 amide bonds. The van der Waals surface area contributed by atoms with E-state index in [-0.39, 0.29) is 4.90 Å². The highest BCUT2D eigenvalue weighted by Crippen LogP contribution is 2.25. The fourth-order valence-corrected chi connectivity index (χ4v) is 5.35. The van der Waals surface area contributed by atoms with E-state index in [4.69, 9.17) is 4.74 Å². The number of hydrazone groups is 1. The van der Waals surface area contributed by atoms with Crippen molar-refractivity contribution in [3.8, 4) is 5.75 Å². The molecule has 1 N–H and O–H groups in total. The molecule has 0 fully saturated rings. The molecule has 0 saturated heterocycles. The second kappa shape index (κ2) is 13.1. The zero-order valence-corrected chi connectivity index (χ0v) is 23.6. The van der Waals surface area contributed by atoms with E-state index in [0.29, 0.717) is 24.0 Å². The Morgan fingerprint density at radius 3 is 2.17 bits per heavy atom. The number of sulfonamides is 1. The quantitative estimate of drug-likeness (QED) is 0.180. The molecular weight excluding hydrogens is 522 g/mol. The van der Waals surface area contributed by atoms with Crippen LogP contribution in [0.15, 0.2) is 113 Å². The second-order valence-corrected chi connectivity index (χ2v) is 11.6. The van der Waals surface area contributed by atoms with Crippen LogP contribution in [-0.2, 0) is 21.4 Å². The highest BCUT2D eigenvalue weighted by Gasteiger charge is 2.27. The average molecular weight is 556 g/mol. The number of carbonyl (C=O) groups excluding carboxylic acids is 1. The van der Waals surface area contributed by atoms with Crippen LogP contribution in [0.4, 0.5) is 5.69 Å². The van der Waals surface area contributed by atoms with E-state index in [1.165, 1.54) is 23.9 Å². The second-order valence-electron chi connectivity index (χ2n) is 9.71. The van der Waals surface area contributed by atoms with E-state index < -0.39 is 22.5 Å². The Morgan fingerprint density at radius 1 is 0.900 bits per heavy atom. The minimum absolute atomic E-state index is 0.101. The molecule has 8 heteroatoms. The number of aryl methyl sites for hydroxylation is 1. The first-order valence-corrected chi connectivity index (χ1v) is 14.4. The Balaban J connectivity index is 1.40. The van der Waals surface area contributed by atoms with Gasteiger partial charge >= 0.3 is 0 Å². The molecule has 0 radical (unpaired) electrons. The van der Waals surface area contributed by atoms with E-state index >= 15 is 0 Å². The topological polar surface area (TPSA) is 88.1 Å². The highest BCUT2D eigenvalue weighted by molar-refractivity contribution is 7.92. The third kappa shape index (κ3) is 7.57. The normalized spacial score (nSPS) is 11.5. The average Bonchev–Trinajstić information content (AvgIpc) is 2.97. The van der Waals surface area contributed by atoms with E-state index in [0.717, 1.165) is 21.0 Å². The van der Waals surface area contributed by atoms with Crippen molar-refractivity contribution < 1.29 is 17.9 Å². The number of nitrogens with zero attached hydrogens (tertiary/aromatic N) is 2. The summed E-state index contributed by atoms with van der Waals surface area (Å²) in [5, 5.41) is 4.03. The van der Waals surface area contributed by atoms with E-state index in [1.54, 1.807) is 30.3 Å². The van der Waals surface area contributed by atoms with Crippen LogP contribution in [0.5, 0.6) is 5.75 Å². The summed E-state index contributed by atoms with van der Waals surface area (Å²) in [6.07, 6.45) is 1.50. The number of amides is 1. The molecule has 40 heavy (non-hydrogen) atoms. The lowest BCUT2D eigenvalue weighted by atomic mass is 10.0. The van der Waals surface area contributed by atoms with Crippen LogP contribution in [0.2, 0.25) is 0 Å². The van der Waals surface area contributed by atoms with E-state index in [1.807, 2.05) is 67.6 Å². The van der Waals surface area contributed by atoms with Gasteiger partial charge in [-0.25, -0.2) is 13.8 Å². The van der Waals surface area contributed by atoms with Crippen molar-refractivity contribution in [3.05, 3.63) is 125 Å². The summed E-state index contributed by atoms with van der Waals surface area (Å²) in [4.78, 5) is 12.9. The molecular formula is C32H33N3O4S. The predicted molar refractivity (Wildman–Crippen MR) is 159 cm³/mol. The Kier molecular flexibility index (Phi) is 9.35. The minimum atomic E-state index is -3.99. The molecule has 7 nitrogen and oxygen atoms in total. The zero-order valence-electron chi connectivity index (χ0n) is 22.8. The standard InChI is InChI=1S/C32H33N3O4S/c1-24(2)28-15-17-29(18-16-28)35(40(37,38)31-7-5-4-6-8-31)22-32(36)34-33-21-26-13-19-30(20-14-26)39-23-27-11-9-25(3)10-12-27/h4-21,24H,22-23H2,1-3H3,(H,34,36). The van der Waals surface area contributed by atoms with Gasteiger partial charge in [0.25, 0.3) is 15.9 Å². The van der Waals surface area contributed by atoms with Crippen LogP contribution in [0, 0.1) is 6.92 Å². The molecule has 0 bridgehead atoms. The van der Waals surface area contributed by atoms with Crippen molar-refractivity contribution in [2.45, 2.75) is 38.2 Å². The first kappa shape index (κ1) is 28.6. The minimum Gasteiger partial charge on any atom is -0.489 e. The lowest BCUT2D eigenvalue weighted by Gasteiger charge is -2.24.